The summed E-state index contributed by atoms with van der Waals surface area (Å²) in [6.07, 6.45) is 5.07. The molecule has 22 heavy (non-hydrogen) atoms. The van der Waals surface area contributed by atoms with E-state index in [0.717, 1.165) is 16.6 Å². The second kappa shape index (κ2) is 5.09. The molecule has 3 rings (SSSR count). The van der Waals surface area contributed by atoms with E-state index in [9.17, 15) is 4.79 Å². The van der Waals surface area contributed by atoms with Gasteiger partial charge in [-0.05, 0) is 24.5 Å². The van der Waals surface area contributed by atoms with Gasteiger partial charge in [-0.25, -0.2) is 4.98 Å². The lowest BCUT2D eigenvalue weighted by Crippen LogP contribution is -2.31. The molecule has 0 fully saturated rings. The zero-order valence-electron chi connectivity index (χ0n) is 13.3. The summed E-state index contributed by atoms with van der Waals surface area (Å²) in [6, 6.07) is 3.94. The number of hydrogen-bond donors (Lipinski definition) is 2. The van der Waals surface area contributed by atoms with Crippen molar-refractivity contribution in [2.75, 3.05) is 5.32 Å². The topological polar surface area (TPSA) is 70.7 Å². The zero-order valence-corrected chi connectivity index (χ0v) is 13.3. The van der Waals surface area contributed by atoms with Gasteiger partial charge < -0.3 is 10.3 Å². The third kappa shape index (κ3) is 2.43. The summed E-state index contributed by atoms with van der Waals surface area (Å²) in [6.45, 7) is 8.68. The predicted octanol–water partition coefficient (Wildman–Crippen LogP) is 3.32. The molecule has 3 aromatic heterocycles. The average Bonchev–Trinajstić information content (AvgIpc) is 2.46. The van der Waals surface area contributed by atoms with Crippen LogP contribution in [0.4, 0.5) is 5.82 Å². The predicted molar refractivity (Wildman–Crippen MR) is 90.2 cm³/mol. The van der Waals surface area contributed by atoms with Gasteiger partial charge in [0, 0.05) is 35.4 Å². The van der Waals surface area contributed by atoms with E-state index in [1.807, 2.05) is 12.1 Å². The number of hydrogen-bond acceptors (Lipinski definition) is 4. The third-order valence-electron chi connectivity index (χ3n) is 4.17. The summed E-state index contributed by atoms with van der Waals surface area (Å²) >= 11 is 0. The second-order valence-electron chi connectivity index (χ2n) is 6.68. The summed E-state index contributed by atoms with van der Waals surface area (Å²) in [5.41, 5.74) is 0.635. The highest BCUT2D eigenvalue weighted by Crippen LogP contribution is 2.29. The van der Waals surface area contributed by atoms with Crippen LogP contribution < -0.4 is 10.9 Å². The molecule has 0 radical (unpaired) electrons. The van der Waals surface area contributed by atoms with Gasteiger partial charge in [-0.3, -0.25) is 9.78 Å². The largest absolute Gasteiger partial charge is 0.367 e. The molecule has 0 saturated carbocycles. The molecule has 0 aliphatic heterocycles. The summed E-state index contributed by atoms with van der Waals surface area (Å²) in [5.74, 6) is 0.790. The van der Waals surface area contributed by atoms with E-state index in [4.69, 9.17) is 0 Å². The Morgan fingerprint density at radius 2 is 2.00 bits per heavy atom. The number of anilines is 1. The van der Waals surface area contributed by atoms with E-state index in [1.165, 1.54) is 0 Å². The number of rotatable bonds is 2. The van der Waals surface area contributed by atoms with Crippen molar-refractivity contribution >= 4 is 27.5 Å². The number of H-pyrrole nitrogens is 1. The van der Waals surface area contributed by atoms with Crippen molar-refractivity contribution in [2.24, 2.45) is 5.41 Å². The van der Waals surface area contributed by atoms with Crippen LogP contribution in [0.25, 0.3) is 21.7 Å². The fourth-order valence-corrected chi connectivity index (χ4v) is 2.33. The molecule has 114 valence electrons. The lowest BCUT2D eigenvalue weighted by atomic mass is 9.88. The lowest BCUT2D eigenvalue weighted by molar-refractivity contribution is 0.359. The molecule has 0 spiro atoms. The monoisotopic (exact) mass is 296 g/mol. The molecule has 3 aromatic rings. The molecule has 0 bridgehead atoms. The molecule has 3 heterocycles. The van der Waals surface area contributed by atoms with Crippen LogP contribution in [0.2, 0.25) is 0 Å². The molecule has 1 atom stereocenters. The molecular formula is C17H20N4O. The van der Waals surface area contributed by atoms with Crippen LogP contribution in [-0.4, -0.2) is 21.0 Å². The fourth-order valence-electron chi connectivity index (χ4n) is 2.33. The molecule has 2 N–H and O–H groups in total. The summed E-state index contributed by atoms with van der Waals surface area (Å²) in [7, 11) is 0. The highest BCUT2D eigenvalue weighted by atomic mass is 16.1. The highest BCUT2D eigenvalue weighted by Gasteiger charge is 2.21. The van der Waals surface area contributed by atoms with Crippen molar-refractivity contribution in [1.29, 1.82) is 0 Å². The highest BCUT2D eigenvalue weighted by molar-refractivity contribution is 6.09. The van der Waals surface area contributed by atoms with Gasteiger partial charge in [0.2, 0.25) is 0 Å². The maximum absolute atomic E-state index is 12.1. The van der Waals surface area contributed by atoms with Crippen molar-refractivity contribution < 1.29 is 0 Å². The van der Waals surface area contributed by atoms with E-state index in [2.05, 4.69) is 48.0 Å². The second-order valence-corrected chi connectivity index (χ2v) is 6.68. The van der Waals surface area contributed by atoms with Gasteiger partial charge in [-0.15, -0.1) is 0 Å². The van der Waals surface area contributed by atoms with E-state index >= 15 is 0 Å². The minimum Gasteiger partial charge on any atom is -0.367 e. The molecule has 0 aromatic carbocycles. The van der Waals surface area contributed by atoms with Crippen molar-refractivity contribution in [3.8, 4) is 0 Å². The van der Waals surface area contributed by atoms with Gasteiger partial charge in [-0.1, -0.05) is 20.8 Å². The number of nitrogens with one attached hydrogen (secondary N) is 2. The zero-order chi connectivity index (χ0) is 15.9. The Labute approximate surface area is 128 Å². The van der Waals surface area contributed by atoms with Crippen molar-refractivity contribution in [3.63, 3.8) is 0 Å². The smallest absolute Gasteiger partial charge is 0.258 e. The van der Waals surface area contributed by atoms with Gasteiger partial charge in [0.25, 0.3) is 5.56 Å². The van der Waals surface area contributed by atoms with Crippen molar-refractivity contribution in [3.05, 3.63) is 41.1 Å². The Hall–Kier alpha value is -2.43. The molecule has 0 aliphatic rings. The van der Waals surface area contributed by atoms with Crippen molar-refractivity contribution in [2.45, 2.75) is 33.7 Å². The molecule has 0 amide bonds. The van der Waals surface area contributed by atoms with Crippen LogP contribution >= 0.6 is 0 Å². The molecular weight excluding hydrogens is 276 g/mol. The number of nitrogens with zero attached hydrogens (tertiary/aromatic N) is 2. The van der Waals surface area contributed by atoms with Crippen LogP contribution in [0.15, 0.2) is 35.5 Å². The first-order valence-corrected chi connectivity index (χ1v) is 7.39. The standard InChI is InChI=1S/C17H20N4O/c1-10(17(2,3)4)20-15-11-5-7-18-9-12(11)14-13(21-15)6-8-19-16(14)22/h5-10H,1-4H3,(H,19,22)(H,20,21)/t10-/m1/s1. The Kier molecular flexibility index (Phi) is 3.35. The summed E-state index contributed by atoms with van der Waals surface area (Å²) in [5, 5.41) is 5.80. The van der Waals surface area contributed by atoms with Crippen molar-refractivity contribution in [1.82, 2.24) is 15.0 Å². The number of pyridine rings is 3. The average molecular weight is 296 g/mol. The van der Waals surface area contributed by atoms with Crippen LogP contribution in [-0.2, 0) is 0 Å². The quantitative estimate of drug-likeness (QED) is 0.712. The summed E-state index contributed by atoms with van der Waals surface area (Å²) < 4.78 is 0. The molecule has 0 aliphatic carbocycles. The first-order valence-electron chi connectivity index (χ1n) is 7.39. The van der Waals surface area contributed by atoms with Crippen LogP contribution in [0, 0.1) is 5.41 Å². The number of aromatic amines is 1. The summed E-state index contributed by atoms with van der Waals surface area (Å²) in [4.78, 5) is 23.7. The third-order valence-corrected chi connectivity index (χ3v) is 4.17. The Morgan fingerprint density at radius 1 is 1.23 bits per heavy atom. The molecule has 0 saturated heterocycles. The van der Waals surface area contributed by atoms with E-state index < -0.39 is 0 Å². The Morgan fingerprint density at radius 3 is 2.73 bits per heavy atom. The van der Waals surface area contributed by atoms with Crippen LogP contribution in [0.1, 0.15) is 27.7 Å². The SMILES string of the molecule is C[C@@H](Nc1nc2cc[nH]c(=O)c2c2cnccc12)C(C)(C)C. The fraction of sp³-hybridized carbons (Fsp3) is 0.353. The lowest BCUT2D eigenvalue weighted by Gasteiger charge is -2.29. The maximum atomic E-state index is 12.1. The molecule has 5 nitrogen and oxygen atoms in total. The van der Waals surface area contributed by atoms with Gasteiger partial charge in [0.1, 0.15) is 5.82 Å². The molecule has 0 unspecified atom stereocenters. The Bertz CT molecular complexity index is 892. The Balaban J connectivity index is 2.28. The maximum Gasteiger partial charge on any atom is 0.258 e. The first-order chi connectivity index (χ1) is 10.4. The van der Waals surface area contributed by atoms with Gasteiger partial charge in [-0.2, -0.15) is 0 Å². The number of fused-ring (bicyclic) bond motifs is 3. The van der Waals surface area contributed by atoms with E-state index in [1.54, 1.807) is 18.6 Å². The van der Waals surface area contributed by atoms with E-state index in [0.29, 0.717) is 10.9 Å². The molecule has 5 heteroatoms. The van der Waals surface area contributed by atoms with Gasteiger partial charge in [0.05, 0.1) is 10.9 Å². The normalized spacial score (nSPS) is 13.5. The van der Waals surface area contributed by atoms with Gasteiger partial charge in [0.15, 0.2) is 0 Å². The first kappa shape index (κ1) is 14.5. The van der Waals surface area contributed by atoms with Gasteiger partial charge >= 0.3 is 0 Å². The number of aromatic nitrogens is 3. The van der Waals surface area contributed by atoms with Crippen LogP contribution in [0.3, 0.4) is 0 Å². The minimum absolute atomic E-state index is 0.101. The van der Waals surface area contributed by atoms with E-state index in [-0.39, 0.29) is 17.0 Å². The minimum atomic E-state index is -0.140. The van der Waals surface area contributed by atoms with Crippen LogP contribution in [0.5, 0.6) is 0 Å².